The minimum absolute atomic E-state index is 0.0185. The average Bonchev–Trinajstić information content (AvgIpc) is 2.29. The molecule has 0 aromatic heterocycles. The second kappa shape index (κ2) is 4.49. The highest BCUT2D eigenvalue weighted by Crippen LogP contribution is 2.36. The summed E-state index contributed by atoms with van der Waals surface area (Å²) in [6.45, 7) is 0.483. The SMILES string of the molecule is [B][C@@H]1SC(COC)[C@@H](OC)C1F. The van der Waals surface area contributed by atoms with E-state index in [1.165, 1.54) is 18.9 Å². The normalized spacial score (nSPS) is 41.9. The maximum atomic E-state index is 13.2. The Hall–Kier alpha value is 0.265. The predicted molar refractivity (Wildman–Crippen MR) is 48.5 cm³/mol. The van der Waals surface area contributed by atoms with Crippen molar-refractivity contribution in [2.75, 3.05) is 20.8 Å². The van der Waals surface area contributed by atoms with E-state index in [2.05, 4.69) is 0 Å². The third kappa shape index (κ3) is 1.95. The minimum atomic E-state index is -1.08. The molecule has 1 aliphatic rings. The molecule has 4 atom stereocenters. The van der Waals surface area contributed by atoms with E-state index in [1.54, 1.807) is 7.11 Å². The zero-order valence-electron chi connectivity index (χ0n) is 7.20. The molecule has 1 fully saturated rings. The second-order valence-electron chi connectivity index (χ2n) is 2.74. The van der Waals surface area contributed by atoms with Gasteiger partial charge in [-0.15, -0.1) is 0 Å². The van der Waals surface area contributed by atoms with Crippen LogP contribution in [0.2, 0.25) is 0 Å². The Morgan fingerprint density at radius 3 is 2.67 bits per heavy atom. The van der Waals surface area contributed by atoms with Crippen LogP contribution in [-0.4, -0.2) is 51.3 Å². The van der Waals surface area contributed by atoms with E-state index in [4.69, 9.17) is 17.3 Å². The summed E-state index contributed by atoms with van der Waals surface area (Å²) in [6.07, 6.45) is -1.51. The van der Waals surface area contributed by atoms with Gasteiger partial charge in [0.25, 0.3) is 0 Å². The molecular weight excluding hydrogens is 178 g/mol. The van der Waals surface area contributed by atoms with E-state index in [1.807, 2.05) is 0 Å². The largest absolute Gasteiger partial charge is 0.383 e. The second-order valence-corrected chi connectivity index (χ2v) is 4.16. The molecule has 0 saturated carbocycles. The first kappa shape index (κ1) is 10.3. The molecule has 1 aliphatic heterocycles. The lowest BCUT2D eigenvalue weighted by atomic mass is 9.95. The number of thioether (sulfide) groups is 1. The molecule has 2 radical (unpaired) electrons. The summed E-state index contributed by atoms with van der Waals surface area (Å²) in [6, 6.07) is 0. The van der Waals surface area contributed by atoms with Crippen LogP contribution in [0, 0.1) is 0 Å². The van der Waals surface area contributed by atoms with Crippen LogP contribution in [0.1, 0.15) is 0 Å². The first-order chi connectivity index (χ1) is 5.70. The van der Waals surface area contributed by atoms with Gasteiger partial charge < -0.3 is 9.47 Å². The lowest BCUT2D eigenvalue weighted by Gasteiger charge is -2.17. The van der Waals surface area contributed by atoms with Crippen LogP contribution >= 0.6 is 11.8 Å². The van der Waals surface area contributed by atoms with Gasteiger partial charge in [-0.1, -0.05) is 0 Å². The standard InChI is InChI=1S/C7H12BFO2S/c1-10-3-4-6(11-2)5(9)7(8)12-4/h4-7H,3H2,1-2H3/t4?,5?,6-,7-/m1/s1. The first-order valence-corrected chi connectivity index (χ1v) is 4.71. The summed E-state index contributed by atoms with van der Waals surface area (Å²) < 4.78 is 23.2. The molecule has 12 heavy (non-hydrogen) atoms. The maximum absolute atomic E-state index is 13.2. The lowest BCUT2D eigenvalue weighted by molar-refractivity contribution is 0.0289. The van der Waals surface area contributed by atoms with E-state index in [0.717, 1.165) is 0 Å². The molecule has 0 aromatic carbocycles. The Bertz CT molecular complexity index is 149. The number of rotatable bonds is 3. The van der Waals surface area contributed by atoms with Crippen molar-refractivity contribution in [2.24, 2.45) is 0 Å². The van der Waals surface area contributed by atoms with E-state index in [9.17, 15) is 4.39 Å². The van der Waals surface area contributed by atoms with Crippen molar-refractivity contribution in [3.05, 3.63) is 0 Å². The summed E-state index contributed by atoms with van der Waals surface area (Å²) in [5.41, 5.74) is 0. The molecule has 0 bridgehead atoms. The van der Waals surface area contributed by atoms with E-state index < -0.39 is 17.4 Å². The number of hydrogen-bond acceptors (Lipinski definition) is 3. The summed E-state index contributed by atoms with van der Waals surface area (Å²) in [4.78, 5) is 0. The monoisotopic (exact) mass is 190 g/mol. The minimum Gasteiger partial charge on any atom is -0.383 e. The average molecular weight is 190 g/mol. The predicted octanol–water partition coefficient (Wildman–Crippen LogP) is 0.596. The van der Waals surface area contributed by atoms with Gasteiger partial charge in [-0.05, 0) is 0 Å². The molecule has 0 N–H and O–H groups in total. The Balaban J connectivity index is 2.52. The van der Waals surface area contributed by atoms with Gasteiger partial charge in [0.05, 0.1) is 19.7 Å². The molecule has 0 aliphatic carbocycles. The quantitative estimate of drug-likeness (QED) is 0.607. The van der Waals surface area contributed by atoms with Crippen molar-refractivity contribution in [1.29, 1.82) is 0 Å². The third-order valence-electron chi connectivity index (χ3n) is 1.93. The van der Waals surface area contributed by atoms with Gasteiger partial charge in [0.1, 0.15) is 12.3 Å². The molecule has 1 rings (SSSR count). The smallest absolute Gasteiger partial charge is 0.131 e. The molecular formula is C7H12BFO2S. The summed E-state index contributed by atoms with van der Waals surface area (Å²) >= 11 is 1.38. The molecule has 2 nitrogen and oxygen atoms in total. The van der Waals surface area contributed by atoms with Crippen molar-refractivity contribution in [2.45, 2.75) is 22.7 Å². The van der Waals surface area contributed by atoms with Crippen LogP contribution in [-0.2, 0) is 9.47 Å². The number of ether oxygens (including phenoxy) is 2. The van der Waals surface area contributed by atoms with Crippen LogP contribution < -0.4 is 0 Å². The topological polar surface area (TPSA) is 18.5 Å². The number of alkyl halides is 1. The van der Waals surface area contributed by atoms with Crippen molar-refractivity contribution in [3.63, 3.8) is 0 Å². The zero-order valence-corrected chi connectivity index (χ0v) is 8.01. The zero-order chi connectivity index (χ0) is 9.14. The van der Waals surface area contributed by atoms with Gasteiger partial charge in [-0.25, -0.2) is 4.39 Å². The van der Waals surface area contributed by atoms with Crippen molar-refractivity contribution < 1.29 is 13.9 Å². The highest BCUT2D eigenvalue weighted by atomic mass is 32.2. The summed E-state index contributed by atoms with van der Waals surface area (Å²) in [5, 5.41) is -0.458. The van der Waals surface area contributed by atoms with Crippen LogP contribution in [0.25, 0.3) is 0 Å². The maximum Gasteiger partial charge on any atom is 0.131 e. The van der Waals surface area contributed by atoms with Gasteiger partial charge in [-0.3, -0.25) is 0 Å². The fourth-order valence-corrected chi connectivity index (χ4v) is 2.67. The van der Waals surface area contributed by atoms with Crippen LogP contribution in [0.15, 0.2) is 0 Å². The van der Waals surface area contributed by atoms with E-state index >= 15 is 0 Å². The van der Waals surface area contributed by atoms with Gasteiger partial charge in [0.2, 0.25) is 0 Å². The highest BCUT2D eigenvalue weighted by Gasteiger charge is 2.41. The fourth-order valence-electron chi connectivity index (χ4n) is 1.33. The van der Waals surface area contributed by atoms with E-state index in [-0.39, 0.29) is 5.25 Å². The Labute approximate surface area is 77.6 Å². The summed E-state index contributed by atoms with van der Waals surface area (Å²) in [7, 11) is 8.60. The third-order valence-corrected chi connectivity index (χ3v) is 3.26. The molecule has 1 heterocycles. The number of hydrogen-bond donors (Lipinski definition) is 0. The van der Waals surface area contributed by atoms with Crippen molar-refractivity contribution in [3.8, 4) is 0 Å². The lowest BCUT2D eigenvalue weighted by Crippen LogP contribution is -2.33. The van der Waals surface area contributed by atoms with Crippen LogP contribution in [0.4, 0.5) is 4.39 Å². The highest BCUT2D eigenvalue weighted by molar-refractivity contribution is 8.02. The molecule has 0 spiro atoms. The van der Waals surface area contributed by atoms with Gasteiger partial charge in [0.15, 0.2) is 0 Å². The van der Waals surface area contributed by atoms with Gasteiger partial charge in [0, 0.05) is 19.4 Å². The van der Waals surface area contributed by atoms with Gasteiger partial charge in [-0.2, -0.15) is 11.8 Å². The van der Waals surface area contributed by atoms with E-state index in [0.29, 0.717) is 6.61 Å². The fraction of sp³-hybridized carbons (Fsp3) is 1.00. The molecule has 2 unspecified atom stereocenters. The summed E-state index contributed by atoms with van der Waals surface area (Å²) in [5.74, 6) is 0. The Morgan fingerprint density at radius 2 is 2.17 bits per heavy atom. The van der Waals surface area contributed by atoms with Crippen molar-refractivity contribution in [1.82, 2.24) is 0 Å². The molecule has 1 saturated heterocycles. The molecule has 5 heteroatoms. The molecule has 68 valence electrons. The molecule has 0 aromatic rings. The van der Waals surface area contributed by atoms with Crippen molar-refractivity contribution >= 4 is 19.6 Å². The number of methoxy groups -OCH3 is 2. The number of halogens is 1. The Morgan fingerprint density at radius 1 is 1.50 bits per heavy atom. The molecule has 0 amide bonds. The van der Waals surface area contributed by atoms with Gasteiger partial charge >= 0.3 is 0 Å². The van der Waals surface area contributed by atoms with Crippen LogP contribution in [0.3, 0.4) is 0 Å². The van der Waals surface area contributed by atoms with Crippen LogP contribution in [0.5, 0.6) is 0 Å². The first-order valence-electron chi connectivity index (χ1n) is 3.77. The Kier molecular flexibility index (Phi) is 3.87.